The molecule has 0 aromatic rings. The third-order valence-electron chi connectivity index (χ3n) is 2.63. The summed E-state index contributed by atoms with van der Waals surface area (Å²) in [5, 5.41) is 3.43. The van der Waals surface area contributed by atoms with Crippen molar-refractivity contribution in [2.45, 2.75) is 53.0 Å². The van der Waals surface area contributed by atoms with E-state index < -0.39 is 0 Å². The van der Waals surface area contributed by atoms with E-state index in [0.717, 1.165) is 0 Å². The van der Waals surface area contributed by atoms with Crippen molar-refractivity contribution in [3.05, 3.63) is 0 Å². The molecule has 0 saturated heterocycles. The zero-order chi connectivity index (χ0) is 11.0. The van der Waals surface area contributed by atoms with E-state index in [9.17, 15) is 0 Å². The van der Waals surface area contributed by atoms with Gasteiger partial charge < -0.3 is 5.32 Å². The van der Waals surface area contributed by atoms with Crippen molar-refractivity contribution in [2.24, 2.45) is 5.41 Å². The highest BCUT2D eigenvalue weighted by Crippen LogP contribution is 2.23. The van der Waals surface area contributed by atoms with Crippen LogP contribution in [0.4, 0.5) is 0 Å². The normalized spacial score (nSPS) is 14.4. The van der Waals surface area contributed by atoms with Crippen LogP contribution in [-0.2, 0) is 0 Å². The largest absolute Gasteiger partial charge is 0.316 e. The first kappa shape index (κ1) is 14.3. The third-order valence-corrected chi connectivity index (χ3v) is 3.62. The van der Waals surface area contributed by atoms with Crippen molar-refractivity contribution >= 4 is 11.8 Å². The smallest absolute Gasteiger partial charge is 0.0113 e. The summed E-state index contributed by atoms with van der Waals surface area (Å²) in [5.74, 6) is 2.59. The molecule has 0 amide bonds. The lowest BCUT2D eigenvalue weighted by Gasteiger charge is -2.30. The van der Waals surface area contributed by atoms with Crippen molar-refractivity contribution in [3.8, 4) is 0 Å². The molecule has 0 radical (unpaired) electrons. The van der Waals surface area contributed by atoms with E-state index >= 15 is 0 Å². The van der Waals surface area contributed by atoms with Crippen molar-refractivity contribution < 1.29 is 0 Å². The SMILES string of the molecule is CCSCCCCC(NC)C(C)(C)C. The molecule has 0 rings (SSSR count). The molecule has 1 nitrogen and oxygen atoms in total. The molecule has 2 heteroatoms. The highest BCUT2D eigenvalue weighted by atomic mass is 32.2. The molecule has 0 aliphatic heterocycles. The summed E-state index contributed by atoms with van der Waals surface area (Å²) in [5.41, 5.74) is 0.395. The lowest BCUT2D eigenvalue weighted by atomic mass is 9.84. The minimum atomic E-state index is 0.395. The molecule has 0 aliphatic rings. The highest BCUT2D eigenvalue weighted by molar-refractivity contribution is 7.99. The van der Waals surface area contributed by atoms with E-state index in [2.05, 4.69) is 51.8 Å². The van der Waals surface area contributed by atoms with Gasteiger partial charge in [0.15, 0.2) is 0 Å². The average Bonchev–Trinajstić information content (AvgIpc) is 2.09. The maximum atomic E-state index is 3.43. The Balaban J connectivity index is 3.54. The Morgan fingerprint density at radius 1 is 1.21 bits per heavy atom. The predicted octanol–water partition coefficient (Wildman–Crippen LogP) is 3.54. The fourth-order valence-electron chi connectivity index (χ4n) is 1.71. The molecule has 14 heavy (non-hydrogen) atoms. The topological polar surface area (TPSA) is 12.0 Å². The molecule has 86 valence electrons. The van der Waals surface area contributed by atoms with Gasteiger partial charge in [0.05, 0.1) is 0 Å². The summed E-state index contributed by atoms with van der Waals surface area (Å²) in [4.78, 5) is 0. The van der Waals surface area contributed by atoms with Gasteiger partial charge in [0, 0.05) is 6.04 Å². The Kier molecular flexibility index (Phi) is 7.75. The quantitative estimate of drug-likeness (QED) is 0.655. The van der Waals surface area contributed by atoms with Gasteiger partial charge in [0.25, 0.3) is 0 Å². The first-order valence-corrected chi connectivity index (χ1v) is 6.92. The number of unbranched alkanes of at least 4 members (excludes halogenated alkanes) is 1. The number of rotatable bonds is 7. The summed E-state index contributed by atoms with van der Waals surface area (Å²) in [6.45, 7) is 9.18. The molecule has 0 aromatic carbocycles. The number of nitrogens with one attached hydrogen (secondary N) is 1. The maximum absolute atomic E-state index is 3.43. The monoisotopic (exact) mass is 217 g/mol. The lowest BCUT2D eigenvalue weighted by molar-refractivity contribution is 0.263. The van der Waals surface area contributed by atoms with Gasteiger partial charge in [-0.3, -0.25) is 0 Å². The van der Waals surface area contributed by atoms with Gasteiger partial charge in [-0.2, -0.15) is 11.8 Å². The van der Waals surface area contributed by atoms with Crippen molar-refractivity contribution in [1.82, 2.24) is 5.32 Å². The number of hydrogen-bond donors (Lipinski definition) is 1. The second kappa shape index (κ2) is 7.58. The summed E-state index contributed by atoms with van der Waals surface area (Å²) < 4.78 is 0. The van der Waals surface area contributed by atoms with Crippen LogP contribution in [0.25, 0.3) is 0 Å². The Bertz CT molecular complexity index is 129. The first-order valence-electron chi connectivity index (χ1n) is 5.77. The van der Waals surface area contributed by atoms with Gasteiger partial charge >= 0.3 is 0 Å². The van der Waals surface area contributed by atoms with Crippen LogP contribution in [-0.4, -0.2) is 24.6 Å². The minimum absolute atomic E-state index is 0.395. The Labute approximate surface area is 94.4 Å². The first-order chi connectivity index (χ1) is 6.52. The van der Waals surface area contributed by atoms with E-state index in [4.69, 9.17) is 0 Å². The van der Waals surface area contributed by atoms with E-state index in [-0.39, 0.29) is 0 Å². The Morgan fingerprint density at radius 3 is 2.29 bits per heavy atom. The third kappa shape index (κ3) is 6.72. The van der Waals surface area contributed by atoms with Crippen molar-refractivity contribution in [3.63, 3.8) is 0 Å². The summed E-state index contributed by atoms with van der Waals surface area (Å²) in [6, 6.07) is 0.661. The minimum Gasteiger partial charge on any atom is -0.316 e. The van der Waals surface area contributed by atoms with Crippen LogP contribution in [0.3, 0.4) is 0 Å². The van der Waals surface area contributed by atoms with Gasteiger partial charge in [0.1, 0.15) is 0 Å². The average molecular weight is 217 g/mol. The molecule has 1 atom stereocenters. The molecular formula is C12H27NS. The van der Waals surface area contributed by atoms with Crippen LogP contribution in [0.2, 0.25) is 0 Å². The molecule has 0 aliphatic carbocycles. The molecule has 1 N–H and O–H groups in total. The molecule has 0 saturated carbocycles. The van der Waals surface area contributed by atoms with E-state index in [0.29, 0.717) is 11.5 Å². The summed E-state index contributed by atoms with van der Waals surface area (Å²) >= 11 is 2.05. The zero-order valence-electron chi connectivity index (χ0n) is 10.5. The van der Waals surface area contributed by atoms with Gasteiger partial charge in [-0.1, -0.05) is 34.1 Å². The van der Waals surface area contributed by atoms with Gasteiger partial charge in [-0.25, -0.2) is 0 Å². The molecule has 0 heterocycles. The Morgan fingerprint density at radius 2 is 1.86 bits per heavy atom. The standard InChI is InChI=1S/C12H27NS/c1-6-14-10-8-7-9-11(13-5)12(2,3)4/h11,13H,6-10H2,1-5H3. The Hall–Kier alpha value is 0.310. The molecule has 0 spiro atoms. The number of thioether (sulfide) groups is 1. The molecule has 0 bridgehead atoms. The lowest BCUT2D eigenvalue weighted by Crippen LogP contribution is -2.37. The maximum Gasteiger partial charge on any atom is 0.0113 e. The van der Waals surface area contributed by atoms with Crippen LogP contribution in [0.15, 0.2) is 0 Å². The molecular weight excluding hydrogens is 190 g/mol. The summed E-state index contributed by atoms with van der Waals surface area (Å²) in [7, 11) is 2.08. The molecule has 0 aromatic heterocycles. The fourth-order valence-corrected chi connectivity index (χ4v) is 2.40. The van der Waals surface area contributed by atoms with Crippen LogP contribution >= 0.6 is 11.8 Å². The predicted molar refractivity (Wildman–Crippen MR) is 69.2 cm³/mol. The highest BCUT2D eigenvalue weighted by Gasteiger charge is 2.21. The summed E-state index contributed by atoms with van der Waals surface area (Å²) in [6.07, 6.45) is 4.03. The van der Waals surface area contributed by atoms with Gasteiger partial charge in [-0.05, 0) is 36.8 Å². The van der Waals surface area contributed by atoms with Gasteiger partial charge in [0.2, 0.25) is 0 Å². The van der Waals surface area contributed by atoms with Crippen LogP contribution in [0.5, 0.6) is 0 Å². The van der Waals surface area contributed by atoms with E-state index in [1.807, 2.05) is 0 Å². The number of hydrogen-bond acceptors (Lipinski definition) is 2. The van der Waals surface area contributed by atoms with Crippen LogP contribution in [0, 0.1) is 5.41 Å². The van der Waals surface area contributed by atoms with Crippen LogP contribution in [0.1, 0.15) is 47.0 Å². The molecule has 1 unspecified atom stereocenters. The fraction of sp³-hybridized carbons (Fsp3) is 1.00. The second-order valence-electron chi connectivity index (χ2n) is 4.90. The molecule has 0 fully saturated rings. The van der Waals surface area contributed by atoms with E-state index in [1.165, 1.54) is 30.8 Å². The van der Waals surface area contributed by atoms with Crippen molar-refractivity contribution in [2.75, 3.05) is 18.6 Å². The van der Waals surface area contributed by atoms with Crippen LogP contribution < -0.4 is 5.32 Å². The zero-order valence-corrected chi connectivity index (χ0v) is 11.3. The second-order valence-corrected chi connectivity index (χ2v) is 6.29. The van der Waals surface area contributed by atoms with E-state index in [1.54, 1.807) is 0 Å². The van der Waals surface area contributed by atoms with Crippen molar-refractivity contribution in [1.29, 1.82) is 0 Å². The van der Waals surface area contributed by atoms with Gasteiger partial charge in [-0.15, -0.1) is 0 Å².